The lowest BCUT2D eigenvalue weighted by Crippen LogP contribution is -2.58. The molecule has 3 aliphatic rings. The van der Waals surface area contributed by atoms with Crippen molar-refractivity contribution in [1.29, 1.82) is 0 Å². The highest BCUT2D eigenvalue weighted by atomic mass is 127. The van der Waals surface area contributed by atoms with Gasteiger partial charge in [0.15, 0.2) is 5.96 Å². The molecule has 0 bridgehead atoms. The van der Waals surface area contributed by atoms with Crippen LogP contribution >= 0.6 is 35.7 Å². The van der Waals surface area contributed by atoms with Gasteiger partial charge in [0, 0.05) is 23.4 Å². The number of nitrogens with zero attached hydrogens (tertiary/aromatic N) is 3. The fourth-order valence-electron chi connectivity index (χ4n) is 5.21. The number of aliphatic imine (C=N–C) groups is 1. The van der Waals surface area contributed by atoms with Gasteiger partial charge >= 0.3 is 0 Å². The molecular weight excluding hydrogens is 493 g/mol. The normalized spacial score (nSPS) is 29.1. The molecule has 3 fully saturated rings. The number of likely N-dealkylation sites (tertiary alicyclic amines) is 2. The molecule has 2 unspecified atom stereocenters. The Kier molecular flexibility index (Phi) is 11.4. The van der Waals surface area contributed by atoms with Crippen LogP contribution in [-0.2, 0) is 0 Å². The summed E-state index contributed by atoms with van der Waals surface area (Å²) in [4.78, 5) is 10.5. The summed E-state index contributed by atoms with van der Waals surface area (Å²) < 4.78 is 0. The van der Waals surface area contributed by atoms with E-state index in [1.54, 1.807) is 0 Å². The van der Waals surface area contributed by atoms with Crippen molar-refractivity contribution < 1.29 is 0 Å². The van der Waals surface area contributed by atoms with E-state index in [-0.39, 0.29) is 29.5 Å². The van der Waals surface area contributed by atoms with Gasteiger partial charge in [-0.3, -0.25) is 9.89 Å². The fraction of sp³-hybridized carbons (Fsp3) is 0.955. The van der Waals surface area contributed by atoms with Crippen molar-refractivity contribution >= 4 is 41.7 Å². The van der Waals surface area contributed by atoms with Gasteiger partial charge < -0.3 is 15.5 Å². The Morgan fingerprint density at radius 1 is 1.07 bits per heavy atom. The van der Waals surface area contributed by atoms with Gasteiger partial charge in [-0.15, -0.1) is 24.0 Å². The lowest BCUT2D eigenvalue weighted by molar-refractivity contribution is 0.0208. The second kappa shape index (κ2) is 13.0. The summed E-state index contributed by atoms with van der Waals surface area (Å²) in [5.74, 6) is 1.05. The first-order valence-corrected chi connectivity index (χ1v) is 13.0. The average molecular weight is 538 g/mol. The summed E-state index contributed by atoms with van der Waals surface area (Å²) in [5.41, 5.74) is 0.268. The first-order valence-electron chi connectivity index (χ1n) is 11.7. The van der Waals surface area contributed by atoms with Crippen LogP contribution in [0, 0.1) is 0 Å². The summed E-state index contributed by atoms with van der Waals surface area (Å²) in [6, 6.07) is 0.576. The van der Waals surface area contributed by atoms with Gasteiger partial charge in [-0.05, 0) is 91.4 Å². The number of guanidine groups is 1. The Hall–Kier alpha value is 0.270. The summed E-state index contributed by atoms with van der Waals surface area (Å²) in [7, 11) is 2.26. The molecule has 0 aromatic heterocycles. The van der Waals surface area contributed by atoms with E-state index < -0.39 is 0 Å². The third-order valence-corrected chi connectivity index (χ3v) is 8.22. The average Bonchev–Trinajstić information content (AvgIpc) is 2.74. The Bertz CT molecular complexity index is 490. The number of piperidine rings is 2. The first kappa shape index (κ1) is 25.5. The number of halogens is 1. The fourth-order valence-corrected chi connectivity index (χ4v) is 6.03. The van der Waals surface area contributed by atoms with E-state index in [0.717, 1.165) is 24.3 Å². The van der Waals surface area contributed by atoms with Gasteiger partial charge in [-0.2, -0.15) is 11.8 Å². The monoisotopic (exact) mass is 537 g/mol. The molecule has 0 amide bonds. The second-order valence-corrected chi connectivity index (χ2v) is 10.3. The maximum Gasteiger partial charge on any atom is 0.191 e. The van der Waals surface area contributed by atoms with Crippen LogP contribution in [-0.4, -0.2) is 85.2 Å². The van der Waals surface area contributed by atoms with Crippen LogP contribution in [0.25, 0.3) is 0 Å². The summed E-state index contributed by atoms with van der Waals surface area (Å²) in [6.45, 7) is 8.99. The van der Waals surface area contributed by atoms with E-state index in [1.165, 1.54) is 84.0 Å². The van der Waals surface area contributed by atoms with Crippen LogP contribution in [0.5, 0.6) is 0 Å². The number of hydrogen-bond acceptors (Lipinski definition) is 4. The maximum absolute atomic E-state index is 5.18. The van der Waals surface area contributed by atoms with Crippen molar-refractivity contribution in [3.63, 3.8) is 0 Å². The van der Waals surface area contributed by atoms with Crippen molar-refractivity contribution in [2.24, 2.45) is 4.99 Å². The predicted octanol–water partition coefficient (Wildman–Crippen LogP) is 3.78. The van der Waals surface area contributed by atoms with Crippen molar-refractivity contribution in [2.45, 2.75) is 81.5 Å². The Morgan fingerprint density at radius 2 is 1.79 bits per heavy atom. The van der Waals surface area contributed by atoms with E-state index in [9.17, 15) is 0 Å². The molecule has 170 valence electrons. The molecule has 0 spiro atoms. The van der Waals surface area contributed by atoms with Crippen LogP contribution in [0.1, 0.15) is 64.7 Å². The molecule has 2 atom stereocenters. The molecule has 3 rings (SSSR count). The smallest absolute Gasteiger partial charge is 0.191 e. The first-order chi connectivity index (χ1) is 13.6. The quantitative estimate of drug-likeness (QED) is 0.307. The zero-order chi connectivity index (χ0) is 19.8. The lowest BCUT2D eigenvalue weighted by Gasteiger charge is -2.49. The van der Waals surface area contributed by atoms with E-state index >= 15 is 0 Å². The van der Waals surface area contributed by atoms with E-state index in [2.05, 4.69) is 40.7 Å². The molecule has 0 radical (unpaired) electrons. The number of nitrogens with one attached hydrogen (secondary N) is 2. The lowest BCUT2D eigenvalue weighted by atomic mass is 9.84. The third-order valence-electron chi connectivity index (χ3n) is 7.12. The molecule has 2 N–H and O–H groups in total. The van der Waals surface area contributed by atoms with Crippen molar-refractivity contribution in [3.05, 3.63) is 0 Å². The SMILES string of the molecule is CCNC(=NCC1(N2CCCCC2)CCN(C)CC1)NC1CCCC(SC)C1.I. The molecule has 2 heterocycles. The van der Waals surface area contributed by atoms with E-state index in [0.29, 0.717) is 6.04 Å². The maximum atomic E-state index is 5.18. The van der Waals surface area contributed by atoms with Gasteiger partial charge in [-0.1, -0.05) is 12.8 Å². The highest BCUT2D eigenvalue weighted by Gasteiger charge is 2.39. The highest BCUT2D eigenvalue weighted by Crippen LogP contribution is 2.32. The molecular formula is C22H44IN5S. The van der Waals surface area contributed by atoms with Gasteiger partial charge in [-0.25, -0.2) is 0 Å². The zero-order valence-corrected chi connectivity index (χ0v) is 22.1. The van der Waals surface area contributed by atoms with Gasteiger partial charge in [0.2, 0.25) is 0 Å². The van der Waals surface area contributed by atoms with Gasteiger partial charge in [0.05, 0.1) is 6.54 Å². The molecule has 5 nitrogen and oxygen atoms in total. The van der Waals surface area contributed by atoms with Crippen LogP contribution in [0.15, 0.2) is 4.99 Å². The number of thioether (sulfide) groups is 1. The molecule has 2 saturated heterocycles. The topological polar surface area (TPSA) is 42.9 Å². The molecule has 0 aromatic rings. The summed E-state index contributed by atoms with van der Waals surface area (Å²) >= 11 is 2.03. The van der Waals surface area contributed by atoms with Crippen molar-refractivity contribution in [3.8, 4) is 0 Å². The Morgan fingerprint density at radius 3 is 2.45 bits per heavy atom. The summed E-state index contributed by atoms with van der Waals surface area (Å²) in [5, 5.41) is 8.13. The predicted molar refractivity (Wildman–Crippen MR) is 139 cm³/mol. The number of hydrogen-bond donors (Lipinski definition) is 2. The minimum Gasteiger partial charge on any atom is -0.357 e. The van der Waals surface area contributed by atoms with E-state index in [1.807, 2.05) is 11.8 Å². The van der Waals surface area contributed by atoms with Crippen LogP contribution in [0.2, 0.25) is 0 Å². The second-order valence-electron chi connectivity index (χ2n) is 9.14. The highest BCUT2D eigenvalue weighted by molar-refractivity contribution is 14.0. The van der Waals surface area contributed by atoms with Crippen LogP contribution < -0.4 is 10.6 Å². The van der Waals surface area contributed by atoms with Crippen LogP contribution in [0.3, 0.4) is 0 Å². The minimum absolute atomic E-state index is 0. The van der Waals surface area contributed by atoms with E-state index in [4.69, 9.17) is 4.99 Å². The minimum atomic E-state index is 0. The molecule has 0 aromatic carbocycles. The molecule has 2 aliphatic heterocycles. The van der Waals surface area contributed by atoms with Crippen molar-refractivity contribution in [1.82, 2.24) is 20.4 Å². The Balaban J connectivity index is 0.00000300. The van der Waals surface area contributed by atoms with Gasteiger partial charge in [0.1, 0.15) is 0 Å². The zero-order valence-electron chi connectivity index (χ0n) is 18.9. The number of rotatable bonds is 6. The molecule has 1 saturated carbocycles. The summed E-state index contributed by atoms with van der Waals surface area (Å²) in [6.07, 6.45) is 14.2. The largest absolute Gasteiger partial charge is 0.357 e. The van der Waals surface area contributed by atoms with Crippen molar-refractivity contribution in [2.75, 3.05) is 52.6 Å². The van der Waals surface area contributed by atoms with Gasteiger partial charge in [0.25, 0.3) is 0 Å². The third kappa shape index (κ3) is 7.42. The molecule has 1 aliphatic carbocycles. The standard InChI is InChI=1S/C22H43N5S.HI/c1-4-23-21(25-19-9-8-10-20(17-19)28-3)24-18-22(11-15-26(2)16-12-22)27-13-6-5-7-14-27;/h19-20H,4-18H2,1-3H3,(H2,23,24,25);1H. The molecule has 29 heavy (non-hydrogen) atoms. The Labute approximate surface area is 200 Å². The van der Waals surface area contributed by atoms with Crippen LogP contribution in [0.4, 0.5) is 0 Å². The molecule has 7 heteroatoms.